The van der Waals surface area contributed by atoms with Gasteiger partial charge in [-0.2, -0.15) is 0 Å². The van der Waals surface area contributed by atoms with E-state index in [1.54, 1.807) is 0 Å². The topological polar surface area (TPSA) is 3.24 Å². The molecule has 0 spiro atoms. The van der Waals surface area contributed by atoms with Crippen LogP contribution in [-0.4, -0.2) is 25.0 Å². The minimum Gasteiger partial charge on any atom is -0.306 e. The van der Waals surface area contributed by atoms with E-state index in [0.29, 0.717) is 5.92 Å². The van der Waals surface area contributed by atoms with Gasteiger partial charge in [-0.15, -0.1) is 13.2 Å². The number of hydrogen-bond acceptors (Lipinski definition) is 1. The molecule has 0 aromatic rings. The molecule has 0 aliphatic rings. The molecule has 0 aromatic heterocycles. The van der Waals surface area contributed by atoms with Gasteiger partial charge in [0.05, 0.1) is 0 Å². The molecule has 0 saturated carbocycles. The van der Waals surface area contributed by atoms with E-state index >= 15 is 0 Å². The standard InChI is InChI=1S/C18H35N.C2H6/c1-5-8-9-10-11-12-13-14-16-19(4)17-18(7-3)15-6-2;1-2/h6-7,18H,2-3,5,8-17H2,1,4H3;1-2H3. The van der Waals surface area contributed by atoms with Gasteiger partial charge in [-0.25, -0.2) is 0 Å². The molecule has 0 amide bonds. The van der Waals surface area contributed by atoms with Crippen LogP contribution in [0.5, 0.6) is 0 Å². The third kappa shape index (κ3) is 17.4. The quantitative estimate of drug-likeness (QED) is 0.262. The van der Waals surface area contributed by atoms with Gasteiger partial charge in [0.15, 0.2) is 0 Å². The Bertz CT molecular complexity index is 210. The zero-order chi connectivity index (χ0) is 16.3. The molecular formula is C20H41N. The van der Waals surface area contributed by atoms with Crippen molar-refractivity contribution in [1.82, 2.24) is 4.90 Å². The fourth-order valence-electron chi connectivity index (χ4n) is 2.47. The zero-order valence-corrected chi connectivity index (χ0v) is 15.4. The Balaban J connectivity index is 0. The fraction of sp³-hybridized carbons (Fsp3) is 0.800. The third-order valence-corrected chi connectivity index (χ3v) is 3.74. The Labute approximate surface area is 135 Å². The first-order chi connectivity index (χ1) is 10.2. The molecule has 0 N–H and O–H groups in total. The molecule has 0 aliphatic carbocycles. The van der Waals surface area contributed by atoms with Crippen molar-refractivity contribution in [3.63, 3.8) is 0 Å². The van der Waals surface area contributed by atoms with Crippen LogP contribution in [0.1, 0.15) is 78.6 Å². The largest absolute Gasteiger partial charge is 0.306 e. The van der Waals surface area contributed by atoms with Crippen LogP contribution in [0.25, 0.3) is 0 Å². The maximum Gasteiger partial charge on any atom is 0.00442 e. The molecule has 1 unspecified atom stereocenters. The minimum absolute atomic E-state index is 0.566. The summed E-state index contributed by atoms with van der Waals surface area (Å²) in [7, 11) is 2.22. The van der Waals surface area contributed by atoms with Gasteiger partial charge in [-0.05, 0) is 32.4 Å². The average molecular weight is 296 g/mol. The van der Waals surface area contributed by atoms with Crippen molar-refractivity contribution in [2.24, 2.45) is 5.92 Å². The Kier molecular flexibility index (Phi) is 21.0. The second-order valence-corrected chi connectivity index (χ2v) is 5.76. The molecule has 0 aliphatic heterocycles. The van der Waals surface area contributed by atoms with Gasteiger partial charge >= 0.3 is 0 Å². The third-order valence-electron chi connectivity index (χ3n) is 3.74. The highest BCUT2D eigenvalue weighted by Crippen LogP contribution is 2.10. The molecule has 21 heavy (non-hydrogen) atoms. The van der Waals surface area contributed by atoms with Crippen LogP contribution in [0.2, 0.25) is 0 Å². The Morgan fingerprint density at radius 1 is 0.905 bits per heavy atom. The lowest BCUT2D eigenvalue weighted by Gasteiger charge is -2.20. The van der Waals surface area contributed by atoms with Gasteiger partial charge in [0.1, 0.15) is 0 Å². The van der Waals surface area contributed by atoms with E-state index < -0.39 is 0 Å². The van der Waals surface area contributed by atoms with Crippen LogP contribution in [0, 0.1) is 5.92 Å². The van der Waals surface area contributed by atoms with Crippen molar-refractivity contribution in [3.05, 3.63) is 25.3 Å². The van der Waals surface area contributed by atoms with Gasteiger partial charge in [-0.3, -0.25) is 0 Å². The van der Waals surface area contributed by atoms with Crippen LogP contribution < -0.4 is 0 Å². The summed E-state index contributed by atoms with van der Waals surface area (Å²) in [6.45, 7) is 16.3. The molecular weight excluding hydrogens is 254 g/mol. The predicted octanol–water partition coefficient (Wildman–Crippen LogP) is 6.46. The maximum atomic E-state index is 3.90. The maximum absolute atomic E-state index is 3.90. The molecule has 0 heterocycles. The van der Waals surface area contributed by atoms with E-state index in [1.807, 2.05) is 19.9 Å². The van der Waals surface area contributed by atoms with Crippen LogP contribution >= 0.6 is 0 Å². The first kappa shape index (κ1) is 22.7. The smallest absolute Gasteiger partial charge is 0.00442 e. The Morgan fingerprint density at radius 2 is 1.43 bits per heavy atom. The number of nitrogens with zero attached hydrogens (tertiary/aromatic N) is 1. The van der Waals surface area contributed by atoms with Crippen LogP contribution in [0.4, 0.5) is 0 Å². The monoisotopic (exact) mass is 295 g/mol. The summed E-state index contributed by atoms with van der Waals surface area (Å²) in [5.41, 5.74) is 0. The number of hydrogen-bond donors (Lipinski definition) is 0. The van der Waals surface area contributed by atoms with Gasteiger partial charge in [0.2, 0.25) is 0 Å². The molecule has 0 rings (SSSR count). The summed E-state index contributed by atoms with van der Waals surface area (Å²) < 4.78 is 0. The summed E-state index contributed by atoms with van der Waals surface area (Å²) in [5.74, 6) is 0.566. The van der Waals surface area contributed by atoms with E-state index in [-0.39, 0.29) is 0 Å². The molecule has 0 fully saturated rings. The summed E-state index contributed by atoms with van der Waals surface area (Å²) in [6.07, 6.45) is 16.3. The first-order valence-electron chi connectivity index (χ1n) is 9.16. The van der Waals surface area contributed by atoms with Gasteiger partial charge in [0.25, 0.3) is 0 Å². The van der Waals surface area contributed by atoms with E-state index in [4.69, 9.17) is 0 Å². The molecule has 1 nitrogen and oxygen atoms in total. The van der Waals surface area contributed by atoms with Crippen molar-refractivity contribution in [2.75, 3.05) is 20.1 Å². The summed E-state index contributed by atoms with van der Waals surface area (Å²) >= 11 is 0. The molecule has 0 radical (unpaired) electrons. The first-order valence-corrected chi connectivity index (χ1v) is 9.16. The molecule has 0 aromatic carbocycles. The van der Waals surface area contributed by atoms with E-state index in [9.17, 15) is 0 Å². The lowest BCUT2D eigenvalue weighted by atomic mass is 10.0. The van der Waals surface area contributed by atoms with Crippen molar-refractivity contribution < 1.29 is 0 Å². The lowest BCUT2D eigenvalue weighted by molar-refractivity contribution is 0.293. The number of allylic oxidation sites excluding steroid dienone is 1. The second-order valence-electron chi connectivity index (χ2n) is 5.76. The van der Waals surface area contributed by atoms with Crippen molar-refractivity contribution >= 4 is 0 Å². The van der Waals surface area contributed by atoms with Gasteiger partial charge in [-0.1, -0.05) is 77.9 Å². The van der Waals surface area contributed by atoms with Crippen LogP contribution in [0.15, 0.2) is 25.3 Å². The van der Waals surface area contributed by atoms with Crippen molar-refractivity contribution in [3.8, 4) is 0 Å². The molecule has 0 saturated heterocycles. The van der Waals surface area contributed by atoms with Gasteiger partial charge in [0, 0.05) is 6.54 Å². The SMILES string of the molecule is C=CCC(C=C)CN(C)CCCCCCCCCC.CC. The summed E-state index contributed by atoms with van der Waals surface area (Å²) in [6, 6.07) is 0. The summed E-state index contributed by atoms with van der Waals surface area (Å²) in [4.78, 5) is 2.44. The normalized spacial score (nSPS) is 11.7. The van der Waals surface area contributed by atoms with Gasteiger partial charge < -0.3 is 4.90 Å². The van der Waals surface area contributed by atoms with E-state index in [1.165, 1.54) is 57.9 Å². The Hall–Kier alpha value is -0.560. The van der Waals surface area contributed by atoms with Crippen LogP contribution in [-0.2, 0) is 0 Å². The Morgan fingerprint density at radius 3 is 1.90 bits per heavy atom. The highest BCUT2D eigenvalue weighted by Gasteiger charge is 2.05. The lowest BCUT2D eigenvalue weighted by Crippen LogP contribution is -2.25. The fourth-order valence-corrected chi connectivity index (χ4v) is 2.47. The molecule has 126 valence electrons. The number of rotatable bonds is 14. The van der Waals surface area contributed by atoms with Crippen LogP contribution in [0.3, 0.4) is 0 Å². The second kappa shape index (κ2) is 19.4. The molecule has 1 heteroatoms. The summed E-state index contributed by atoms with van der Waals surface area (Å²) in [5, 5.41) is 0. The molecule has 0 bridgehead atoms. The highest BCUT2D eigenvalue weighted by molar-refractivity contribution is 4.86. The number of unbranched alkanes of at least 4 members (excludes halogenated alkanes) is 7. The molecule has 1 atom stereocenters. The van der Waals surface area contributed by atoms with E-state index in [0.717, 1.165) is 13.0 Å². The zero-order valence-electron chi connectivity index (χ0n) is 15.4. The van der Waals surface area contributed by atoms with Crippen molar-refractivity contribution in [2.45, 2.75) is 78.6 Å². The highest BCUT2D eigenvalue weighted by atomic mass is 15.1. The van der Waals surface area contributed by atoms with E-state index in [2.05, 4.69) is 38.1 Å². The minimum atomic E-state index is 0.566. The van der Waals surface area contributed by atoms with Crippen molar-refractivity contribution in [1.29, 1.82) is 0 Å². The predicted molar refractivity (Wildman–Crippen MR) is 100.0 cm³/mol. The average Bonchev–Trinajstić information content (AvgIpc) is 2.51.